The Kier molecular flexibility index (Phi) is 6.02. The van der Waals surface area contributed by atoms with Crippen molar-refractivity contribution in [3.8, 4) is 0 Å². The van der Waals surface area contributed by atoms with Gasteiger partial charge < -0.3 is 10.2 Å². The number of nitrogens with zero attached hydrogens (tertiary/aromatic N) is 2. The molecule has 8 heteroatoms. The molecule has 2 N–H and O–H groups in total. The highest BCUT2D eigenvalue weighted by molar-refractivity contribution is 6.13. The van der Waals surface area contributed by atoms with Crippen LogP contribution in [0.1, 0.15) is 0 Å². The number of hydrogen-bond donors (Lipinski definition) is 2. The predicted octanol–water partition coefficient (Wildman–Crippen LogP) is -1.11. The third-order valence-corrected chi connectivity index (χ3v) is 2.52. The molecule has 0 saturated carbocycles. The molecule has 8 nitrogen and oxygen atoms in total. The molecule has 21 heavy (non-hydrogen) atoms. The Labute approximate surface area is 120 Å². The van der Waals surface area contributed by atoms with Crippen molar-refractivity contribution >= 4 is 23.6 Å². The zero-order valence-electron chi connectivity index (χ0n) is 11.0. The van der Waals surface area contributed by atoms with Gasteiger partial charge >= 0.3 is 0 Å². The fourth-order valence-electron chi connectivity index (χ4n) is 1.52. The Bertz CT molecular complexity index is 499. The predicted molar refractivity (Wildman–Crippen MR) is 70.6 cm³/mol. The second-order valence-corrected chi connectivity index (χ2v) is 3.89. The first-order valence-corrected chi connectivity index (χ1v) is 5.98. The van der Waals surface area contributed by atoms with Crippen molar-refractivity contribution in [2.24, 2.45) is 0 Å². The molecule has 4 amide bonds. The van der Waals surface area contributed by atoms with Crippen molar-refractivity contribution in [2.45, 2.75) is 0 Å². The van der Waals surface area contributed by atoms with Crippen molar-refractivity contribution in [3.05, 3.63) is 36.6 Å². The summed E-state index contributed by atoms with van der Waals surface area (Å²) >= 11 is 0. The molecule has 0 atom stereocenters. The molecule has 0 saturated heterocycles. The number of hydrogen-bond acceptors (Lipinski definition) is 6. The van der Waals surface area contributed by atoms with Crippen LogP contribution in [-0.2, 0) is 19.2 Å². The third-order valence-electron chi connectivity index (χ3n) is 2.52. The van der Waals surface area contributed by atoms with E-state index in [-0.39, 0.29) is 43.3 Å². The van der Waals surface area contributed by atoms with Crippen LogP contribution in [-0.4, -0.2) is 63.3 Å². The van der Waals surface area contributed by atoms with E-state index in [9.17, 15) is 19.2 Å². The lowest BCUT2D eigenvalue weighted by Gasteiger charge is -2.10. The first kappa shape index (κ1) is 16.3. The number of rotatable bonds is 4. The normalized spacial score (nSPS) is 17.2. The van der Waals surface area contributed by atoms with Gasteiger partial charge in [0.15, 0.2) is 0 Å². The van der Waals surface area contributed by atoms with E-state index in [2.05, 4.69) is 0 Å². The molecule has 2 aliphatic heterocycles. The summed E-state index contributed by atoms with van der Waals surface area (Å²) in [6.07, 6.45) is 6.92. The topological polar surface area (TPSA) is 115 Å². The summed E-state index contributed by atoms with van der Waals surface area (Å²) in [5.41, 5.74) is 0. The van der Waals surface area contributed by atoms with Crippen LogP contribution >= 0.6 is 0 Å². The monoisotopic (exact) mass is 294 g/mol. The second kappa shape index (κ2) is 7.75. The molecule has 0 aliphatic carbocycles. The summed E-state index contributed by atoms with van der Waals surface area (Å²) in [5, 5.41) is 16.6. The van der Waals surface area contributed by atoms with Crippen molar-refractivity contribution in [1.29, 1.82) is 0 Å². The Hall–Kier alpha value is -2.74. The SMILES string of the molecule is O=C1C=CC(=O)N1CC=CO.O=C1C=CC(=O)N1CCO. The number of aliphatic hydroxyl groups excluding tert-OH is 2. The quantitative estimate of drug-likeness (QED) is 0.501. The lowest BCUT2D eigenvalue weighted by Crippen LogP contribution is -2.32. The van der Waals surface area contributed by atoms with Gasteiger partial charge in [-0.25, -0.2) is 0 Å². The average molecular weight is 294 g/mol. The summed E-state index contributed by atoms with van der Waals surface area (Å²) in [6.45, 7) is 0.0327. The summed E-state index contributed by atoms with van der Waals surface area (Å²) in [6, 6.07) is 0. The van der Waals surface area contributed by atoms with Crippen LogP contribution in [0.4, 0.5) is 0 Å². The van der Waals surface area contributed by atoms with Crippen LogP contribution in [0.5, 0.6) is 0 Å². The van der Waals surface area contributed by atoms with Gasteiger partial charge in [-0.2, -0.15) is 0 Å². The van der Waals surface area contributed by atoms with Crippen LogP contribution in [0.25, 0.3) is 0 Å². The minimum Gasteiger partial charge on any atom is -0.516 e. The zero-order chi connectivity index (χ0) is 15.8. The molecule has 112 valence electrons. The second-order valence-electron chi connectivity index (χ2n) is 3.89. The van der Waals surface area contributed by atoms with Crippen LogP contribution in [0.15, 0.2) is 36.6 Å². The smallest absolute Gasteiger partial charge is 0.253 e. The van der Waals surface area contributed by atoms with E-state index >= 15 is 0 Å². The van der Waals surface area contributed by atoms with Crippen molar-refractivity contribution in [3.63, 3.8) is 0 Å². The number of carbonyl (C=O) groups excluding carboxylic acids is 4. The molecule has 0 aromatic heterocycles. The molecular weight excluding hydrogens is 280 g/mol. The van der Waals surface area contributed by atoms with Gasteiger partial charge in [-0.3, -0.25) is 29.0 Å². The van der Waals surface area contributed by atoms with Gasteiger partial charge in [0, 0.05) is 24.3 Å². The van der Waals surface area contributed by atoms with Gasteiger partial charge in [0.05, 0.1) is 26.0 Å². The molecule has 0 spiro atoms. The molecule has 2 heterocycles. The van der Waals surface area contributed by atoms with E-state index in [0.29, 0.717) is 0 Å². The number of β-amino-alcohol motifs (C(OH)–C–C–N with tert-alkyl or cyclic N) is 1. The van der Waals surface area contributed by atoms with Crippen molar-refractivity contribution in [2.75, 3.05) is 19.7 Å². The minimum absolute atomic E-state index is 0.0880. The maximum Gasteiger partial charge on any atom is 0.253 e. The standard InChI is InChI=1S/C7H7NO3.C6H7NO3/c9-5-1-4-8-6(10)2-3-7(8)11;8-4-3-7-5(9)1-2-6(7)10/h1-3,5,9H,4H2;1-2,8H,3-4H2. The van der Waals surface area contributed by atoms with E-state index < -0.39 is 0 Å². The molecular formula is C13H14N2O6. The summed E-state index contributed by atoms with van der Waals surface area (Å²) in [5.74, 6) is -1.38. The Morgan fingerprint density at radius 1 is 0.857 bits per heavy atom. The largest absolute Gasteiger partial charge is 0.516 e. The van der Waals surface area contributed by atoms with Crippen LogP contribution in [0.2, 0.25) is 0 Å². The number of imide groups is 2. The van der Waals surface area contributed by atoms with Crippen LogP contribution in [0, 0.1) is 0 Å². The van der Waals surface area contributed by atoms with Crippen LogP contribution < -0.4 is 0 Å². The average Bonchev–Trinajstić information content (AvgIpc) is 2.95. The highest BCUT2D eigenvalue weighted by atomic mass is 16.3. The Balaban J connectivity index is 0.000000211. The number of carbonyl (C=O) groups is 4. The maximum atomic E-state index is 10.8. The van der Waals surface area contributed by atoms with Crippen molar-refractivity contribution in [1.82, 2.24) is 9.80 Å². The minimum atomic E-state index is -0.348. The number of amides is 4. The van der Waals surface area contributed by atoms with Gasteiger partial charge in [-0.05, 0) is 6.08 Å². The molecule has 2 aliphatic rings. The van der Waals surface area contributed by atoms with Crippen molar-refractivity contribution < 1.29 is 29.4 Å². The third kappa shape index (κ3) is 4.39. The number of aliphatic hydroxyl groups is 2. The van der Waals surface area contributed by atoms with Crippen LogP contribution in [0.3, 0.4) is 0 Å². The lowest BCUT2D eigenvalue weighted by molar-refractivity contribution is -0.138. The molecule has 2 rings (SSSR count). The van der Waals surface area contributed by atoms with E-state index in [4.69, 9.17) is 10.2 Å². The summed E-state index contributed by atoms with van der Waals surface area (Å²) in [4.78, 5) is 45.0. The highest BCUT2D eigenvalue weighted by Crippen LogP contribution is 2.02. The van der Waals surface area contributed by atoms with E-state index in [1.54, 1.807) is 0 Å². The zero-order valence-corrected chi connectivity index (χ0v) is 11.0. The molecule has 0 fully saturated rings. The van der Waals surface area contributed by atoms with E-state index in [0.717, 1.165) is 16.1 Å². The molecule has 0 unspecified atom stereocenters. The molecule has 0 aromatic carbocycles. The molecule has 0 aromatic rings. The van der Waals surface area contributed by atoms with Gasteiger partial charge in [-0.15, -0.1) is 0 Å². The van der Waals surface area contributed by atoms with Gasteiger partial charge in [0.1, 0.15) is 0 Å². The fourth-order valence-corrected chi connectivity index (χ4v) is 1.52. The highest BCUT2D eigenvalue weighted by Gasteiger charge is 2.22. The fraction of sp³-hybridized carbons (Fsp3) is 0.231. The summed E-state index contributed by atoms with van der Waals surface area (Å²) < 4.78 is 0. The first-order valence-electron chi connectivity index (χ1n) is 5.98. The van der Waals surface area contributed by atoms with Gasteiger partial charge in [0.2, 0.25) is 0 Å². The maximum absolute atomic E-state index is 10.8. The Morgan fingerprint density at radius 3 is 1.67 bits per heavy atom. The Morgan fingerprint density at radius 2 is 1.29 bits per heavy atom. The molecule has 0 radical (unpaired) electrons. The summed E-state index contributed by atoms with van der Waals surface area (Å²) in [7, 11) is 0. The van der Waals surface area contributed by atoms with E-state index in [1.165, 1.54) is 30.4 Å². The van der Waals surface area contributed by atoms with Gasteiger partial charge in [-0.1, -0.05) is 0 Å². The lowest BCUT2D eigenvalue weighted by atomic mass is 10.5. The molecule has 0 bridgehead atoms. The van der Waals surface area contributed by atoms with Gasteiger partial charge in [0.25, 0.3) is 23.6 Å². The van der Waals surface area contributed by atoms with E-state index in [1.807, 2.05) is 0 Å². The first-order chi connectivity index (χ1) is 10.0.